The molecule has 1 aliphatic heterocycles. The van der Waals surface area contributed by atoms with Gasteiger partial charge in [-0.25, -0.2) is 0 Å². The van der Waals surface area contributed by atoms with Crippen LogP contribution in [-0.4, -0.2) is 37.7 Å². The van der Waals surface area contributed by atoms with Gasteiger partial charge in [0.25, 0.3) is 0 Å². The van der Waals surface area contributed by atoms with Crippen molar-refractivity contribution in [3.63, 3.8) is 0 Å². The van der Waals surface area contributed by atoms with Gasteiger partial charge < -0.3 is 15.4 Å². The Morgan fingerprint density at radius 1 is 1.79 bits per heavy atom. The van der Waals surface area contributed by atoms with Crippen molar-refractivity contribution in [1.29, 1.82) is 0 Å². The molecule has 4 heteroatoms. The number of hydrogen-bond donors (Lipinski definition) is 2. The Labute approximate surface area is 84.7 Å². The van der Waals surface area contributed by atoms with Crippen LogP contribution < -0.4 is 10.6 Å². The molecule has 4 nitrogen and oxygen atoms in total. The van der Waals surface area contributed by atoms with Crippen molar-refractivity contribution in [1.82, 2.24) is 10.6 Å². The number of nitrogens with one attached hydrogen (secondary N) is 2. The van der Waals surface area contributed by atoms with Gasteiger partial charge in [-0.3, -0.25) is 4.79 Å². The maximum atomic E-state index is 11.4. The lowest BCUT2D eigenvalue weighted by Gasteiger charge is -2.17. The second-order valence-corrected chi connectivity index (χ2v) is 3.48. The standard InChI is InChI=1S/C10H18N2O2/c1-3-5-11-10(13)8(2)12-9-4-6-14-7-9/h3,8-9,12H,1,4-7H2,2H3,(H,11,13). The van der Waals surface area contributed by atoms with Gasteiger partial charge >= 0.3 is 0 Å². The highest BCUT2D eigenvalue weighted by molar-refractivity contribution is 5.81. The fourth-order valence-electron chi connectivity index (χ4n) is 1.42. The van der Waals surface area contributed by atoms with E-state index in [-0.39, 0.29) is 11.9 Å². The Kier molecular flexibility index (Phi) is 4.62. The molecule has 2 unspecified atom stereocenters. The summed E-state index contributed by atoms with van der Waals surface area (Å²) < 4.78 is 5.21. The molecule has 80 valence electrons. The predicted octanol–water partition coefficient (Wildman–Crippen LogP) is 0.0556. The van der Waals surface area contributed by atoms with Crippen LogP contribution in [0, 0.1) is 0 Å². The van der Waals surface area contributed by atoms with Crippen molar-refractivity contribution in [2.45, 2.75) is 25.4 Å². The van der Waals surface area contributed by atoms with Crippen LogP contribution in [0.3, 0.4) is 0 Å². The van der Waals surface area contributed by atoms with E-state index < -0.39 is 0 Å². The van der Waals surface area contributed by atoms with Crippen LogP contribution in [0.15, 0.2) is 12.7 Å². The van der Waals surface area contributed by atoms with E-state index >= 15 is 0 Å². The molecule has 0 aromatic rings. The van der Waals surface area contributed by atoms with E-state index in [0.717, 1.165) is 13.0 Å². The van der Waals surface area contributed by atoms with Gasteiger partial charge in [0.15, 0.2) is 0 Å². The average Bonchev–Trinajstić information content (AvgIpc) is 2.66. The molecule has 0 aliphatic carbocycles. The quantitative estimate of drug-likeness (QED) is 0.614. The van der Waals surface area contributed by atoms with Crippen LogP contribution >= 0.6 is 0 Å². The van der Waals surface area contributed by atoms with Gasteiger partial charge in [-0.2, -0.15) is 0 Å². The lowest BCUT2D eigenvalue weighted by Crippen LogP contribution is -2.46. The molecule has 1 saturated heterocycles. The number of amides is 1. The van der Waals surface area contributed by atoms with E-state index in [4.69, 9.17) is 4.74 Å². The van der Waals surface area contributed by atoms with Crippen molar-refractivity contribution >= 4 is 5.91 Å². The Morgan fingerprint density at radius 3 is 3.14 bits per heavy atom. The predicted molar refractivity (Wildman–Crippen MR) is 55.0 cm³/mol. The summed E-state index contributed by atoms with van der Waals surface area (Å²) >= 11 is 0. The molecular weight excluding hydrogens is 180 g/mol. The third-order valence-corrected chi connectivity index (χ3v) is 2.23. The van der Waals surface area contributed by atoms with Crippen molar-refractivity contribution in [2.24, 2.45) is 0 Å². The molecule has 0 aromatic carbocycles. The van der Waals surface area contributed by atoms with Gasteiger partial charge in [0.1, 0.15) is 0 Å². The second kappa shape index (κ2) is 5.78. The topological polar surface area (TPSA) is 50.4 Å². The first kappa shape index (κ1) is 11.2. The number of rotatable bonds is 5. The molecule has 0 radical (unpaired) electrons. The van der Waals surface area contributed by atoms with Crippen LogP contribution in [0.5, 0.6) is 0 Å². The van der Waals surface area contributed by atoms with Gasteiger partial charge in [0.05, 0.1) is 12.6 Å². The van der Waals surface area contributed by atoms with Gasteiger partial charge in [-0.15, -0.1) is 6.58 Å². The molecule has 0 saturated carbocycles. The highest BCUT2D eigenvalue weighted by Crippen LogP contribution is 2.04. The number of hydrogen-bond acceptors (Lipinski definition) is 3. The highest BCUT2D eigenvalue weighted by Gasteiger charge is 2.20. The molecule has 2 atom stereocenters. The molecule has 1 fully saturated rings. The second-order valence-electron chi connectivity index (χ2n) is 3.48. The summed E-state index contributed by atoms with van der Waals surface area (Å²) in [4.78, 5) is 11.4. The third-order valence-electron chi connectivity index (χ3n) is 2.23. The molecular formula is C10H18N2O2. The number of carbonyl (C=O) groups is 1. The van der Waals surface area contributed by atoms with Gasteiger partial charge in [-0.05, 0) is 13.3 Å². The van der Waals surface area contributed by atoms with Gasteiger partial charge in [0.2, 0.25) is 5.91 Å². The minimum absolute atomic E-state index is 0.0109. The van der Waals surface area contributed by atoms with E-state index in [1.807, 2.05) is 6.92 Å². The summed E-state index contributed by atoms with van der Waals surface area (Å²) in [6.45, 7) is 7.42. The first-order valence-corrected chi connectivity index (χ1v) is 4.96. The Balaban J connectivity index is 2.21. The Bertz CT molecular complexity index is 200. The zero-order chi connectivity index (χ0) is 10.4. The largest absolute Gasteiger partial charge is 0.380 e. The van der Waals surface area contributed by atoms with E-state index in [1.165, 1.54) is 0 Å². The van der Waals surface area contributed by atoms with Crippen molar-refractivity contribution in [2.75, 3.05) is 19.8 Å². The van der Waals surface area contributed by atoms with E-state index in [1.54, 1.807) is 6.08 Å². The zero-order valence-corrected chi connectivity index (χ0v) is 8.58. The van der Waals surface area contributed by atoms with E-state index in [0.29, 0.717) is 19.2 Å². The summed E-state index contributed by atoms with van der Waals surface area (Å²) in [5.41, 5.74) is 0. The summed E-state index contributed by atoms with van der Waals surface area (Å²) in [6.07, 6.45) is 2.66. The van der Waals surface area contributed by atoms with Crippen LogP contribution in [0.1, 0.15) is 13.3 Å². The smallest absolute Gasteiger partial charge is 0.237 e. The lowest BCUT2D eigenvalue weighted by atomic mass is 10.2. The summed E-state index contributed by atoms with van der Waals surface area (Å²) in [5.74, 6) is 0.0109. The summed E-state index contributed by atoms with van der Waals surface area (Å²) in [6, 6.07) is 0.154. The SMILES string of the molecule is C=CCNC(=O)C(C)NC1CCOC1. The zero-order valence-electron chi connectivity index (χ0n) is 8.58. The monoisotopic (exact) mass is 198 g/mol. The molecule has 1 aliphatic rings. The average molecular weight is 198 g/mol. The van der Waals surface area contributed by atoms with E-state index in [2.05, 4.69) is 17.2 Å². The van der Waals surface area contributed by atoms with Gasteiger partial charge in [0, 0.05) is 19.2 Å². The molecule has 0 spiro atoms. The maximum Gasteiger partial charge on any atom is 0.237 e. The number of carbonyl (C=O) groups excluding carboxylic acids is 1. The van der Waals surface area contributed by atoms with Crippen molar-refractivity contribution in [3.05, 3.63) is 12.7 Å². The molecule has 1 rings (SSSR count). The first-order valence-electron chi connectivity index (χ1n) is 4.96. The Morgan fingerprint density at radius 2 is 2.57 bits per heavy atom. The highest BCUT2D eigenvalue weighted by atomic mass is 16.5. The Hall–Kier alpha value is -0.870. The molecule has 2 N–H and O–H groups in total. The minimum Gasteiger partial charge on any atom is -0.380 e. The van der Waals surface area contributed by atoms with Crippen LogP contribution in [0.25, 0.3) is 0 Å². The van der Waals surface area contributed by atoms with Gasteiger partial charge in [-0.1, -0.05) is 6.08 Å². The van der Waals surface area contributed by atoms with Crippen molar-refractivity contribution < 1.29 is 9.53 Å². The van der Waals surface area contributed by atoms with Crippen LogP contribution in [0.2, 0.25) is 0 Å². The molecule has 14 heavy (non-hydrogen) atoms. The van der Waals surface area contributed by atoms with Crippen LogP contribution in [-0.2, 0) is 9.53 Å². The fourth-order valence-corrected chi connectivity index (χ4v) is 1.42. The summed E-state index contributed by atoms with van der Waals surface area (Å²) in [5, 5.41) is 5.96. The van der Waals surface area contributed by atoms with E-state index in [9.17, 15) is 4.79 Å². The first-order chi connectivity index (χ1) is 6.74. The minimum atomic E-state index is -0.165. The maximum absolute atomic E-state index is 11.4. The third kappa shape index (κ3) is 3.47. The molecule has 1 heterocycles. The number of ether oxygens (including phenoxy) is 1. The van der Waals surface area contributed by atoms with Crippen molar-refractivity contribution in [3.8, 4) is 0 Å². The lowest BCUT2D eigenvalue weighted by molar-refractivity contribution is -0.122. The molecule has 0 bridgehead atoms. The van der Waals surface area contributed by atoms with Crippen LogP contribution in [0.4, 0.5) is 0 Å². The molecule has 0 aromatic heterocycles. The fraction of sp³-hybridized carbons (Fsp3) is 0.700. The molecule has 1 amide bonds. The normalized spacial score (nSPS) is 23.1. The summed E-state index contributed by atoms with van der Waals surface area (Å²) in [7, 11) is 0.